The zero-order chi connectivity index (χ0) is 18.2. The number of carbonyl (C=O) groups is 1. The number of nitro groups is 1. The molecular formula is C16H21N3O5S. The van der Waals surface area contributed by atoms with Crippen LogP contribution in [-0.4, -0.2) is 42.7 Å². The number of aryl methyl sites for hydroxylation is 1. The fraction of sp³-hybridized carbons (Fsp3) is 0.562. The van der Waals surface area contributed by atoms with E-state index in [4.69, 9.17) is 0 Å². The van der Waals surface area contributed by atoms with Gasteiger partial charge in [-0.15, -0.1) is 0 Å². The molecular weight excluding hydrogens is 346 g/mol. The molecule has 0 unspecified atom stereocenters. The van der Waals surface area contributed by atoms with E-state index in [1.54, 1.807) is 19.1 Å². The van der Waals surface area contributed by atoms with Crippen molar-refractivity contribution in [2.24, 2.45) is 5.92 Å². The van der Waals surface area contributed by atoms with Crippen LogP contribution in [0.15, 0.2) is 23.1 Å². The second kappa shape index (κ2) is 6.72. The zero-order valence-electron chi connectivity index (χ0n) is 14.0. The van der Waals surface area contributed by atoms with E-state index in [1.807, 2.05) is 0 Å². The molecule has 1 saturated heterocycles. The van der Waals surface area contributed by atoms with Crippen molar-refractivity contribution in [3.8, 4) is 0 Å². The summed E-state index contributed by atoms with van der Waals surface area (Å²) < 4.78 is 27.2. The quantitative estimate of drug-likeness (QED) is 0.630. The summed E-state index contributed by atoms with van der Waals surface area (Å²) in [6, 6.07) is 3.87. The molecule has 0 bridgehead atoms. The van der Waals surface area contributed by atoms with Gasteiger partial charge >= 0.3 is 0 Å². The van der Waals surface area contributed by atoms with Crippen LogP contribution in [0, 0.1) is 23.0 Å². The lowest BCUT2D eigenvalue weighted by molar-refractivity contribution is -0.497. The minimum atomic E-state index is -3.61. The third kappa shape index (κ3) is 3.67. The van der Waals surface area contributed by atoms with E-state index in [2.05, 4.69) is 5.32 Å². The Morgan fingerprint density at radius 1 is 1.28 bits per heavy atom. The Morgan fingerprint density at radius 3 is 2.56 bits per heavy atom. The summed E-state index contributed by atoms with van der Waals surface area (Å²) in [6.45, 7) is 2.72. The highest BCUT2D eigenvalue weighted by atomic mass is 32.2. The Hall–Kier alpha value is -2.00. The van der Waals surface area contributed by atoms with E-state index in [-0.39, 0.29) is 11.3 Å². The molecule has 0 radical (unpaired) electrons. The molecule has 1 saturated carbocycles. The van der Waals surface area contributed by atoms with Crippen molar-refractivity contribution >= 4 is 21.6 Å². The van der Waals surface area contributed by atoms with Gasteiger partial charge in [0.1, 0.15) is 5.92 Å². The maximum Gasteiger partial charge on any atom is 0.243 e. The highest BCUT2D eigenvalue weighted by Crippen LogP contribution is 2.34. The number of rotatable bonds is 5. The van der Waals surface area contributed by atoms with Crippen molar-refractivity contribution in [1.29, 1.82) is 0 Å². The van der Waals surface area contributed by atoms with Gasteiger partial charge in [0, 0.05) is 30.1 Å². The molecule has 0 spiro atoms. The predicted octanol–water partition coefficient (Wildman–Crippen LogP) is 1.77. The second-order valence-corrected chi connectivity index (χ2v) is 8.54. The van der Waals surface area contributed by atoms with Crippen LogP contribution < -0.4 is 5.32 Å². The molecule has 2 atom stereocenters. The maximum absolute atomic E-state index is 12.9. The molecule has 3 rings (SSSR count). The van der Waals surface area contributed by atoms with Gasteiger partial charge in [0.05, 0.1) is 4.90 Å². The average molecular weight is 367 g/mol. The zero-order valence-corrected chi connectivity index (χ0v) is 14.8. The van der Waals surface area contributed by atoms with E-state index in [1.165, 1.54) is 10.4 Å². The smallest absolute Gasteiger partial charge is 0.243 e. The molecule has 25 heavy (non-hydrogen) atoms. The van der Waals surface area contributed by atoms with Crippen LogP contribution in [0.1, 0.15) is 31.2 Å². The van der Waals surface area contributed by atoms with Gasteiger partial charge in [-0.3, -0.25) is 14.9 Å². The molecule has 0 aromatic heterocycles. The fourth-order valence-corrected chi connectivity index (χ4v) is 4.90. The van der Waals surface area contributed by atoms with Crippen molar-refractivity contribution < 1.29 is 18.1 Å². The Labute approximate surface area is 146 Å². The monoisotopic (exact) mass is 367 g/mol. The van der Waals surface area contributed by atoms with Crippen molar-refractivity contribution in [3.63, 3.8) is 0 Å². The van der Waals surface area contributed by atoms with Crippen molar-refractivity contribution in [2.75, 3.05) is 18.4 Å². The van der Waals surface area contributed by atoms with E-state index in [0.717, 1.165) is 19.3 Å². The first-order valence-corrected chi connectivity index (χ1v) is 9.80. The van der Waals surface area contributed by atoms with Crippen molar-refractivity contribution in [2.45, 2.75) is 43.5 Å². The Morgan fingerprint density at radius 2 is 1.96 bits per heavy atom. The minimum absolute atomic E-state index is 0.175. The molecule has 1 aromatic rings. The first-order chi connectivity index (χ1) is 11.8. The second-order valence-electron chi connectivity index (χ2n) is 6.63. The third-order valence-electron chi connectivity index (χ3n) is 4.75. The molecule has 8 nitrogen and oxygen atoms in total. The van der Waals surface area contributed by atoms with Gasteiger partial charge in [-0.2, -0.15) is 4.31 Å². The predicted molar refractivity (Wildman–Crippen MR) is 91.3 cm³/mol. The number of nitrogens with zero attached hydrogens (tertiary/aromatic N) is 2. The number of piperidine rings is 1. The van der Waals surface area contributed by atoms with Crippen LogP contribution in [0.3, 0.4) is 0 Å². The Balaban J connectivity index is 1.79. The lowest BCUT2D eigenvalue weighted by Crippen LogP contribution is -2.36. The third-order valence-corrected chi connectivity index (χ3v) is 6.79. The first-order valence-electron chi connectivity index (χ1n) is 8.36. The first kappa shape index (κ1) is 17.8. The van der Waals surface area contributed by atoms with E-state index < -0.39 is 32.8 Å². The van der Waals surface area contributed by atoms with Gasteiger partial charge in [0.15, 0.2) is 0 Å². The average Bonchev–Trinajstić information content (AvgIpc) is 3.38. The number of amides is 1. The lowest BCUT2D eigenvalue weighted by Gasteiger charge is -2.26. The number of nitrogens with one attached hydrogen (secondary N) is 1. The van der Waals surface area contributed by atoms with E-state index >= 15 is 0 Å². The summed E-state index contributed by atoms with van der Waals surface area (Å²) >= 11 is 0. The van der Waals surface area contributed by atoms with Gasteiger partial charge < -0.3 is 5.32 Å². The van der Waals surface area contributed by atoms with Gasteiger partial charge in [0.2, 0.25) is 22.0 Å². The molecule has 1 aliphatic carbocycles. The normalized spacial score (nSPS) is 23.9. The molecule has 2 aliphatic rings. The van der Waals surface area contributed by atoms with Gasteiger partial charge in [-0.05, 0) is 37.5 Å². The van der Waals surface area contributed by atoms with Crippen LogP contribution in [-0.2, 0) is 14.8 Å². The number of anilines is 1. The number of hydrogen-bond acceptors (Lipinski definition) is 5. The summed E-state index contributed by atoms with van der Waals surface area (Å²) in [5.41, 5.74) is 0.957. The van der Waals surface area contributed by atoms with E-state index in [0.29, 0.717) is 24.3 Å². The number of benzene rings is 1. The maximum atomic E-state index is 12.9. The van der Waals surface area contributed by atoms with Crippen LogP contribution in [0.25, 0.3) is 0 Å². The topological polar surface area (TPSA) is 110 Å². The summed E-state index contributed by atoms with van der Waals surface area (Å²) in [5.74, 6) is -1.08. The Bertz CT molecular complexity index is 802. The molecule has 1 N–H and O–H groups in total. The van der Waals surface area contributed by atoms with Crippen LogP contribution in [0.5, 0.6) is 0 Å². The minimum Gasteiger partial charge on any atom is -0.326 e. The molecule has 1 amide bonds. The van der Waals surface area contributed by atoms with Crippen LogP contribution in [0.4, 0.5) is 5.69 Å². The fourth-order valence-electron chi connectivity index (χ4n) is 3.13. The molecule has 1 heterocycles. The number of sulfonamides is 1. The largest absolute Gasteiger partial charge is 0.326 e. The number of carbonyl (C=O) groups excluding carboxylic acids is 1. The van der Waals surface area contributed by atoms with Crippen LogP contribution >= 0.6 is 0 Å². The molecule has 1 aliphatic heterocycles. The van der Waals surface area contributed by atoms with Gasteiger partial charge in [-0.25, -0.2) is 8.42 Å². The summed E-state index contributed by atoms with van der Waals surface area (Å²) in [4.78, 5) is 22.5. The standard InChI is InChI=1S/C16H21N3O5S/c1-11-5-6-12(17-16(20)13-10-14(13)19(21)22)9-15(11)25(23,24)18-7-3-2-4-8-18/h5-6,9,13-14H,2-4,7-8,10H2,1H3,(H,17,20)/t13-,14+/m1/s1. The molecule has 1 aromatic carbocycles. The summed E-state index contributed by atoms with van der Waals surface area (Å²) in [6.07, 6.45) is 2.95. The Kier molecular flexibility index (Phi) is 4.79. The molecule has 136 valence electrons. The van der Waals surface area contributed by atoms with Crippen LogP contribution in [0.2, 0.25) is 0 Å². The van der Waals surface area contributed by atoms with Crippen molar-refractivity contribution in [3.05, 3.63) is 33.9 Å². The summed E-state index contributed by atoms with van der Waals surface area (Å²) in [7, 11) is -3.61. The highest BCUT2D eigenvalue weighted by Gasteiger charge is 2.53. The van der Waals surface area contributed by atoms with Gasteiger partial charge in [0.25, 0.3) is 0 Å². The number of hydrogen-bond donors (Lipinski definition) is 1. The SMILES string of the molecule is Cc1ccc(NC(=O)[C@@H]2C[C@@H]2[N+](=O)[O-])cc1S(=O)(=O)N1CCCCC1. The van der Waals surface area contributed by atoms with Gasteiger partial charge in [-0.1, -0.05) is 12.5 Å². The summed E-state index contributed by atoms with van der Waals surface area (Å²) in [5, 5.41) is 13.3. The highest BCUT2D eigenvalue weighted by molar-refractivity contribution is 7.89. The molecule has 2 fully saturated rings. The van der Waals surface area contributed by atoms with Crippen molar-refractivity contribution in [1.82, 2.24) is 4.31 Å². The van der Waals surface area contributed by atoms with E-state index in [9.17, 15) is 23.3 Å². The molecule has 9 heteroatoms. The lowest BCUT2D eigenvalue weighted by atomic mass is 10.2.